The number of aromatic hydroxyl groups is 1. The topological polar surface area (TPSA) is 20.2 Å². The number of aryl methyl sites for hydroxylation is 1. The molecule has 3 aromatic carbocycles. The highest BCUT2D eigenvalue weighted by atomic mass is 16.3. The van der Waals surface area contributed by atoms with E-state index in [1.54, 1.807) is 0 Å². The fraction of sp³-hybridized carbons (Fsp3) is 0.158. The van der Waals surface area contributed by atoms with Crippen molar-refractivity contribution in [3.05, 3.63) is 76.9 Å². The van der Waals surface area contributed by atoms with E-state index in [0.29, 0.717) is 5.75 Å². The Morgan fingerprint density at radius 2 is 1.60 bits per heavy atom. The lowest BCUT2D eigenvalue weighted by atomic mass is 9.95. The molecule has 0 unspecified atom stereocenters. The maximum absolute atomic E-state index is 10.4. The Kier molecular flexibility index (Phi) is 3.19. The Balaban J connectivity index is 2.07. The molecule has 1 N–H and O–H groups in total. The maximum atomic E-state index is 10.4. The van der Waals surface area contributed by atoms with Crippen LogP contribution in [0.25, 0.3) is 10.8 Å². The van der Waals surface area contributed by atoms with Crippen LogP contribution in [0.3, 0.4) is 0 Å². The molecule has 100 valence electrons. The number of benzene rings is 3. The third-order valence-electron chi connectivity index (χ3n) is 3.90. The Morgan fingerprint density at radius 1 is 0.900 bits per heavy atom. The smallest absolute Gasteiger partial charge is 0.126 e. The van der Waals surface area contributed by atoms with Crippen LogP contribution in [-0.2, 0) is 6.42 Å². The van der Waals surface area contributed by atoms with Crippen LogP contribution in [0.15, 0.2) is 54.6 Å². The van der Waals surface area contributed by atoms with Crippen molar-refractivity contribution in [2.45, 2.75) is 20.3 Å². The van der Waals surface area contributed by atoms with Gasteiger partial charge in [0.2, 0.25) is 0 Å². The zero-order valence-electron chi connectivity index (χ0n) is 11.9. The molecule has 0 spiro atoms. The summed E-state index contributed by atoms with van der Waals surface area (Å²) < 4.78 is 0. The van der Waals surface area contributed by atoms with Gasteiger partial charge in [0.25, 0.3) is 0 Å². The van der Waals surface area contributed by atoms with Gasteiger partial charge in [-0.3, -0.25) is 0 Å². The van der Waals surface area contributed by atoms with E-state index < -0.39 is 0 Å². The molecule has 0 saturated heterocycles. The second-order valence-corrected chi connectivity index (χ2v) is 5.39. The zero-order chi connectivity index (χ0) is 14.1. The lowest BCUT2D eigenvalue weighted by Crippen LogP contribution is -1.93. The third-order valence-corrected chi connectivity index (χ3v) is 3.90. The standard InChI is InChI=1S/C19H18O/c1-13-7-9-15(10-8-13)11-17-12-16-5-3-4-6-18(16)19(20)14(17)2/h3-10,12,20H,11H2,1-2H3. The second-order valence-electron chi connectivity index (χ2n) is 5.39. The van der Waals surface area contributed by atoms with E-state index in [1.807, 2.05) is 31.2 Å². The molecule has 0 radical (unpaired) electrons. The van der Waals surface area contributed by atoms with Gasteiger partial charge in [-0.2, -0.15) is 0 Å². The SMILES string of the molecule is Cc1ccc(Cc2cc3ccccc3c(O)c2C)cc1. The fourth-order valence-corrected chi connectivity index (χ4v) is 2.60. The van der Waals surface area contributed by atoms with Gasteiger partial charge in [-0.15, -0.1) is 0 Å². The summed E-state index contributed by atoms with van der Waals surface area (Å²) in [6.45, 7) is 4.09. The van der Waals surface area contributed by atoms with Crippen LogP contribution in [-0.4, -0.2) is 5.11 Å². The molecule has 0 heterocycles. The number of hydrogen-bond donors (Lipinski definition) is 1. The predicted molar refractivity (Wildman–Crippen MR) is 84.3 cm³/mol. The number of rotatable bonds is 2. The first-order valence-corrected chi connectivity index (χ1v) is 6.91. The summed E-state index contributed by atoms with van der Waals surface area (Å²) in [5, 5.41) is 12.4. The van der Waals surface area contributed by atoms with Crippen LogP contribution in [0.2, 0.25) is 0 Å². The molecule has 0 aliphatic heterocycles. The van der Waals surface area contributed by atoms with Gasteiger partial charge in [0.05, 0.1) is 0 Å². The van der Waals surface area contributed by atoms with Gasteiger partial charge in [0.1, 0.15) is 5.75 Å². The number of phenolic OH excluding ortho intramolecular Hbond substituents is 1. The molecule has 0 atom stereocenters. The Morgan fingerprint density at radius 3 is 2.35 bits per heavy atom. The van der Waals surface area contributed by atoms with E-state index in [0.717, 1.165) is 22.8 Å². The number of hydrogen-bond acceptors (Lipinski definition) is 1. The molecule has 0 fully saturated rings. The predicted octanol–water partition coefficient (Wildman–Crippen LogP) is 4.75. The van der Waals surface area contributed by atoms with Crippen LogP contribution in [0, 0.1) is 13.8 Å². The highest BCUT2D eigenvalue weighted by Gasteiger charge is 2.09. The van der Waals surface area contributed by atoms with Gasteiger partial charge < -0.3 is 5.11 Å². The van der Waals surface area contributed by atoms with Gasteiger partial charge in [0.15, 0.2) is 0 Å². The highest BCUT2D eigenvalue weighted by molar-refractivity contribution is 5.90. The zero-order valence-corrected chi connectivity index (χ0v) is 11.9. The summed E-state index contributed by atoms with van der Waals surface area (Å²) in [5.41, 5.74) is 4.70. The molecule has 0 bridgehead atoms. The molecule has 0 amide bonds. The van der Waals surface area contributed by atoms with Crippen molar-refractivity contribution < 1.29 is 5.11 Å². The van der Waals surface area contributed by atoms with Crippen molar-refractivity contribution in [2.75, 3.05) is 0 Å². The first-order valence-electron chi connectivity index (χ1n) is 6.91. The van der Waals surface area contributed by atoms with Gasteiger partial charge in [-0.1, -0.05) is 60.2 Å². The van der Waals surface area contributed by atoms with E-state index in [-0.39, 0.29) is 0 Å². The van der Waals surface area contributed by atoms with Crippen molar-refractivity contribution in [1.82, 2.24) is 0 Å². The summed E-state index contributed by atoms with van der Waals surface area (Å²) in [6, 6.07) is 18.7. The van der Waals surface area contributed by atoms with Crippen molar-refractivity contribution in [2.24, 2.45) is 0 Å². The van der Waals surface area contributed by atoms with Crippen LogP contribution in [0.1, 0.15) is 22.3 Å². The molecule has 0 aromatic heterocycles. The van der Waals surface area contributed by atoms with Gasteiger partial charge in [0, 0.05) is 5.39 Å². The molecule has 3 aromatic rings. The van der Waals surface area contributed by atoms with Crippen molar-refractivity contribution in [3.8, 4) is 5.75 Å². The van der Waals surface area contributed by atoms with Crippen LogP contribution in [0.4, 0.5) is 0 Å². The van der Waals surface area contributed by atoms with Crippen molar-refractivity contribution in [3.63, 3.8) is 0 Å². The quantitative estimate of drug-likeness (QED) is 0.706. The summed E-state index contributed by atoms with van der Waals surface area (Å²) in [7, 11) is 0. The summed E-state index contributed by atoms with van der Waals surface area (Å²) in [4.78, 5) is 0. The minimum Gasteiger partial charge on any atom is -0.507 e. The Labute approximate surface area is 119 Å². The molecule has 0 aliphatic rings. The molecular weight excluding hydrogens is 244 g/mol. The Hall–Kier alpha value is -2.28. The van der Waals surface area contributed by atoms with Crippen molar-refractivity contribution >= 4 is 10.8 Å². The largest absolute Gasteiger partial charge is 0.507 e. The van der Waals surface area contributed by atoms with E-state index in [1.165, 1.54) is 16.7 Å². The first-order chi connectivity index (χ1) is 9.65. The minimum absolute atomic E-state index is 0.408. The fourth-order valence-electron chi connectivity index (χ4n) is 2.60. The molecule has 1 nitrogen and oxygen atoms in total. The van der Waals surface area contributed by atoms with Crippen LogP contribution >= 0.6 is 0 Å². The molecule has 1 heteroatoms. The van der Waals surface area contributed by atoms with E-state index in [2.05, 4.69) is 37.3 Å². The van der Waals surface area contributed by atoms with Gasteiger partial charge in [-0.25, -0.2) is 0 Å². The summed E-state index contributed by atoms with van der Waals surface area (Å²) in [5.74, 6) is 0.408. The van der Waals surface area contributed by atoms with E-state index >= 15 is 0 Å². The lowest BCUT2D eigenvalue weighted by Gasteiger charge is -2.11. The van der Waals surface area contributed by atoms with E-state index in [9.17, 15) is 5.11 Å². The van der Waals surface area contributed by atoms with E-state index in [4.69, 9.17) is 0 Å². The molecule has 0 aliphatic carbocycles. The maximum Gasteiger partial charge on any atom is 0.126 e. The Bertz CT molecular complexity index is 755. The van der Waals surface area contributed by atoms with Crippen LogP contribution < -0.4 is 0 Å². The molecule has 3 rings (SSSR count). The molecule has 0 saturated carbocycles. The number of phenols is 1. The number of fused-ring (bicyclic) bond motifs is 1. The lowest BCUT2D eigenvalue weighted by molar-refractivity contribution is 0.477. The summed E-state index contributed by atoms with van der Waals surface area (Å²) in [6.07, 6.45) is 0.852. The normalized spacial score (nSPS) is 10.9. The minimum atomic E-state index is 0.408. The first kappa shape index (κ1) is 12.7. The molecular formula is C19H18O. The monoisotopic (exact) mass is 262 g/mol. The highest BCUT2D eigenvalue weighted by Crippen LogP contribution is 2.32. The summed E-state index contributed by atoms with van der Waals surface area (Å²) >= 11 is 0. The molecule has 20 heavy (non-hydrogen) atoms. The van der Waals surface area contributed by atoms with Gasteiger partial charge >= 0.3 is 0 Å². The van der Waals surface area contributed by atoms with Crippen molar-refractivity contribution in [1.29, 1.82) is 0 Å². The average molecular weight is 262 g/mol. The van der Waals surface area contributed by atoms with Gasteiger partial charge in [-0.05, 0) is 42.3 Å². The third kappa shape index (κ3) is 2.27. The van der Waals surface area contributed by atoms with Crippen LogP contribution in [0.5, 0.6) is 5.75 Å². The second kappa shape index (κ2) is 5.01. The average Bonchev–Trinajstić information content (AvgIpc) is 2.47.